The zero-order valence-corrected chi connectivity index (χ0v) is 9.54. The highest BCUT2D eigenvalue weighted by atomic mass is 15.2. The summed E-state index contributed by atoms with van der Waals surface area (Å²) in [4.78, 5) is 8.44. The number of nitrogens with zero attached hydrogens (tertiary/aromatic N) is 3. The molecule has 2 heterocycles. The Balaban J connectivity index is 2.21. The molecule has 1 atom stereocenters. The third-order valence-corrected chi connectivity index (χ3v) is 2.75. The number of hydrogen-bond acceptors (Lipinski definition) is 5. The van der Waals surface area contributed by atoms with Gasteiger partial charge in [0.05, 0.1) is 5.54 Å². The van der Waals surface area contributed by atoms with Gasteiger partial charge in [-0.05, 0) is 32.9 Å². The van der Waals surface area contributed by atoms with Crippen molar-refractivity contribution in [1.82, 2.24) is 15.3 Å². The average molecular weight is 217 g/mol. The zero-order valence-electron chi connectivity index (χ0n) is 9.54. The maximum absolute atomic E-state index is 8.83. The first-order valence-corrected chi connectivity index (χ1v) is 5.36. The van der Waals surface area contributed by atoms with Gasteiger partial charge in [-0.2, -0.15) is 5.26 Å². The van der Waals surface area contributed by atoms with Crippen molar-refractivity contribution in [3.8, 4) is 6.07 Å². The van der Waals surface area contributed by atoms with Crippen LogP contribution in [0.15, 0.2) is 6.07 Å². The number of aryl methyl sites for hydroxylation is 1. The van der Waals surface area contributed by atoms with E-state index in [0.29, 0.717) is 11.6 Å². The third-order valence-electron chi connectivity index (χ3n) is 2.75. The predicted molar refractivity (Wildman–Crippen MR) is 61.0 cm³/mol. The second-order valence-electron chi connectivity index (χ2n) is 4.44. The molecule has 0 radical (unpaired) electrons. The van der Waals surface area contributed by atoms with E-state index < -0.39 is 0 Å². The molecule has 1 fully saturated rings. The summed E-state index contributed by atoms with van der Waals surface area (Å²) in [5.41, 5.74) is 1.20. The summed E-state index contributed by atoms with van der Waals surface area (Å²) < 4.78 is 0. The SMILES string of the molecule is Cc1cc(C#N)nc(NC2(C)CCNC2)n1. The first-order valence-electron chi connectivity index (χ1n) is 5.36. The number of rotatable bonds is 2. The van der Waals surface area contributed by atoms with Gasteiger partial charge in [0.15, 0.2) is 0 Å². The molecule has 1 aromatic rings. The Morgan fingerprint density at radius 2 is 2.38 bits per heavy atom. The molecule has 5 heteroatoms. The van der Waals surface area contributed by atoms with Crippen LogP contribution in [0.25, 0.3) is 0 Å². The molecule has 0 spiro atoms. The molecule has 0 aliphatic carbocycles. The van der Waals surface area contributed by atoms with Crippen LogP contribution in [0.3, 0.4) is 0 Å². The Hall–Kier alpha value is -1.67. The molecule has 1 unspecified atom stereocenters. The smallest absolute Gasteiger partial charge is 0.224 e. The second kappa shape index (κ2) is 4.06. The molecule has 1 aliphatic heterocycles. The lowest BCUT2D eigenvalue weighted by Crippen LogP contribution is -2.37. The van der Waals surface area contributed by atoms with Gasteiger partial charge in [-0.25, -0.2) is 9.97 Å². The Morgan fingerprint density at radius 3 is 3.00 bits per heavy atom. The van der Waals surface area contributed by atoms with E-state index in [1.165, 1.54) is 0 Å². The van der Waals surface area contributed by atoms with E-state index in [9.17, 15) is 0 Å². The maximum Gasteiger partial charge on any atom is 0.224 e. The van der Waals surface area contributed by atoms with Crippen LogP contribution in [0.2, 0.25) is 0 Å². The lowest BCUT2D eigenvalue weighted by Gasteiger charge is -2.24. The fraction of sp³-hybridized carbons (Fsp3) is 0.545. The molecule has 2 N–H and O–H groups in total. The molecule has 0 saturated carbocycles. The normalized spacial score (nSPS) is 24.1. The molecule has 0 bridgehead atoms. The van der Waals surface area contributed by atoms with Gasteiger partial charge in [0.1, 0.15) is 11.8 Å². The van der Waals surface area contributed by atoms with Gasteiger partial charge in [-0.1, -0.05) is 0 Å². The number of nitrogens with one attached hydrogen (secondary N) is 2. The van der Waals surface area contributed by atoms with E-state index in [0.717, 1.165) is 25.2 Å². The van der Waals surface area contributed by atoms with Crippen LogP contribution in [-0.2, 0) is 0 Å². The fourth-order valence-electron chi connectivity index (χ4n) is 1.88. The van der Waals surface area contributed by atoms with Crippen molar-refractivity contribution in [2.45, 2.75) is 25.8 Å². The highest BCUT2D eigenvalue weighted by molar-refractivity contribution is 5.36. The molecule has 1 aromatic heterocycles. The van der Waals surface area contributed by atoms with Crippen LogP contribution >= 0.6 is 0 Å². The third kappa shape index (κ3) is 2.28. The summed E-state index contributed by atoms with van der Waals surface area (Å²) >= 11 is 0. The lowest BCUT2D eigenvalue weighted by molar-refractivity contribution is 0.560. The minimum Gasteiger partial charge on any atom is -0.348 e. The summed E-state index contributed by atoms with van der Waals surface area (Å²) in [5.74, 6) is 0.544. The lowest BCUT2D eigenvalue weighted by atomic mass is 10.0. The van der Waals surface area contributed by atoms with E-state index in [2.05, 4.69) is 27.5 Å². The zero-order chi connectivity index (χ0) is 11.6. The van der Waals surface area contributed by atoms with Crippen molar-refractivity contribution >= 4 is 5.95 Å². The number of anilines is 1. The number of nitriles is 1. The van der Waals surface area contributed by atoms with Crippen LogP contribution in [0.1, 0.15) is 24.7 Å². The molecule has 1 saturated heterocycles. The first kappa shape index (κ1) is 10.8. The van der Waals surface area contributed by atoms with Gasteiger partial charge in [0, 0.05) is 12.2 Å². The topological polar surface area (TPSA) is 73.6 Å². The highest BCUT2D eigenvalue weighted by Gasteiger charge is 2.29. The van der Waals surface area contributed by atoms with E-state index in [1.807, 2.05) is 13.0 Å². The molecule has 84 valence electrons. The van der Waals surface area contributed by atoms with Gasteiger partial charge >= 0.3 is 0 Å². The van der Waals surface area contributed by atoms with E-state index >= 15 is 0 Å². The van der Waals surface area contributed by atoms with E-state index in [-0.39, 0.29) is 5.54 Å². The van der Waals surface area contributed by atoms with Crippen LogP contribution in [0.5, 0.6) is 0 Å². The van der Waals surface area contributed by atoms with Crippen molar-refractivity contribution < 1.29 is 0 Å². The number of aromatic nitrogens is 2. The van der Waals surface area contributed by atoms with Crippen molar-refractivity contribution in [1.29, 1.82) is 5.26 Å². The molecule has 1 aliphatic rings. The summed E-state index contributed by atoms with van der Waals surface area (Å²) in [5, 5.41) is 15.4. The summed E-state index contributed by atoms with van der Waals surface area (Å²) in [6, 6.07) is 3.72. The number of hydrogen-bond donors (Lipinski definition) is 2. The Kier molecular flexibility index (Phi) is 2.75. The van der Waals surface area contributed by atoms with Gasteiger partial charge in [0.25, 0.3) is 0 Å². The molecule has 16 heavy (non-hydrogen) atoms. The minimum absolute atomic E-state index is 0.0134. The first-order chi connectivity index (χ1) is 7.61. The van der Waals surface area contributed by atoms with Gasteiger partial charge in [0.2, 0.25) is 5.95 Å². The molecule has 0 amide bonds. The van der Waals surface area contributed by atoms with Crippen molar-refractivity contribution in [2.24, 2.45) is 0 Å². The van der Waals surface area contributed by atoms with Crippen LogP contribution in [-0.4, -0.2) is 28.6 Å². The van der Waals surface area contributed by atoms with Crippen LogP contribution in [0, 0.1) is 18.3 Å². The van der Waals surface area contributed by atoms with E-state index in [4.69, 9.17) is 5.26 Å². The predicted octanol–water partition coefficient (Wildman–Crippen LogP) is 0.821. The van der Waals surface area contributed by atoms with Crippen LogP contribution in [0.4, 0.5) is 5.95 Å². The van der Waals surface area contributed by atoms with Crippen LogP contribution < -0.4 is 10.6 Å². The second-order valence-corrected chi connectivity index (χ2v) is 4.44. The molecular weight excluding hydrogens is 202 g/mol. The average Bonchev–Trinajstić information content (AvgIpc) is 2.63. The quantitative estimate of drug-likeness (QED) is 0.767. The van der Waals surface area contributed by atoms with Gasteiger partial charge in [-0.3, -0.25) is 0 Å². The summed E-state index contributed by atoms with van der Waals surface area (Å²) in [7, 11) is 0. The highest BCUT2D eigenvalue weighted by Crippen LogP contribution is 2.18. The molecular formula is C11H15N5. The molecule has 2 rings (SSSR count). The van der Waals surface area contributed by atoms with Gasteiger partial charge in [-0.15, -0.1) is 0 Å². The minimum atomic E-state index is -0.0134. The van der Waals surface area contributed by atoms with E-state index in [1.54, 1.807) is 6.07 Å². The monoisotopic (exact) mass is 217 g/mol. The van der Waals surface area contributed by atoms with Crippen molar-refractivity contribution in [2.75, 3.05) is 18.4 Å². The summed E-state index contributed by atoms with van der Waals surface area (Å²) in [6.45, 7) is 5.89. The van der Waals surface area contributed by atoms with Crippen molar-refractivity contribution in [3.63, 3.8) is 0 Å². The summed E-state index contributed by atoms with van der Waals surface area (Å²) in [6.07, 6.45) is 1.03. The molecule has 5 nitrogen and oxygen atoms in total. The Labute approximate surface area is 94.9 Å². The Morgan fingerprint density at radius 1 is 1.56 bits per heavy atom. The molecule has 0 aromatic carbocycles. The fourth-order valence-corrected chi connectivity index (χ4v) is 1.88. The standard InChI is InChI=1S/C11H15N5/c1-8-5-9(6-12)15-10(14-8)16-11(2)3-4-13-7-11/h5,13H,3-4,7H2,1-2H3,(H,14,15,16). The van der Waals surface area contributed by atoms with Gasteiger partial charge < -0.3 is 10.6 Å². The van der Waals surface area contributed by atoms with Crippen molar-refractivity contribution in [3.05, 3.63) is 17.5 Å². The Bertz CT molecular complexity index is 428. The maximum atomic E-state index is 8.83. The largest absolute Gasteiger partial charge is 0.348 e.